The van der Waals surface area contributed by atoms with Gasteiger partial charge in [0.05, 0.1) is 12.1 Å². The van der Waals surface area contributed by atoms with Gasteiger partial charge in [-0.3, -0.25) is 4.90 Å². The predicted octanol–water partition coefficient (Wildman–Crippen LogP) is 1.60. The van der Waals surface area contributed by atoms with Crippen molar-refractivity contribution in [1.82, 2.24) is 10.2 Å². The van der Waals surface area contributed by atoms with Crippen LogP contribution >= 0.6 is 0 Å². The van der Waals surface area contributed by atoms with Gasteiger partial charge in [-0.15, -0.1) is 0 Å². The number of benzene rings is 1. The average Bonchev–Trinajstić information content (AvgIpc) is 2.94. The lowest BCUT2D eigenvalue weighted by Gasteiger charge is -2.48. The van der Waals surface area contributed by atoms with Crippen molar-refractivity contribution in [3.63, 3.8) is 0 Å². The van der Waals surface area contributed by atoms with Gasteiger partial charge < -0.3 is 10.1 Å². The largest absolute Gasteiger partial charge is 0.380 e. The highest BCUT2D eigenvalue weighted by Crippen LogP contribution is 2.33. The van der Waals surface area contributed by atoms with Gasteiger partial charge >= 0.3 is 0 Å². The monoisotopic (exact) mass is 246 g/mol. The molecule has 0 aromatic heterocycles. The second-order valence-electron chi connectivity index (χ2n) is 5.53. The van der Waals surface area contributed by atoms with Crippen LogP contribution in [-0.2, 0) is 10.3 Å². The summed E-state index contributed by atoms with van der Waals surface area (Å²) in [5, 5.41) is 3.54. The van der Waals surface area contributed by atoms with E-state index in [-0.39, 0.29) is 5.54 Å². The fourth-order valence-electron chi connectivity index (χ4n) is 3.30. The molecule has 2 heterocycles. The molecular weight excluding hydrogens is 224 g/mol. The third kappa shape index (κ3) is 2.07. The number of nitrogens with zero attached hydrogens (tertiary/aromatic N) is 1. The minimum Gasteiger partial charge on any atom is -0.380 e. The Bertz CT molecular complexity index is 389. The molecule has 3 nitrogen and oxygen atoms in total. The van der Waals surface area contributed by atoms with Gasteiger partial charge in [-0.2, -0.15) is 0 Å². The summed E-state index contributed by atoms with van der Waals surface area (Å²) >= 11 is 0. The Labute approximate surface area is 109 Å². The molecule has 0 radical (unpaired) electrons. The van der Waals surface area contributed by atoms with Crippen LogP contribution in [0.15, 0.2) is 30.3 Å². The number of rotatable bonds is 2. The summed E-state index contributed by atoms with van der Waals surface area (Å²) in [6.45, 7) is 7.38. The second kappa shape index (κ2) is 5.00. The molecule has 0 amide bonds. The maximum Gasteiger partial charge on any atom is 0.0623 e. The maximum absolute atomic E-state index is 5.58. The van der Waals surface area contributed by atoms with Crippen molar-refractivity contribution in [2.45, 2.75) is 24.9 Å². The van der Waals surface area contributed by atoms with E-state index in [1.54, 1.807) is 0 Å². The fourth-order valence-corrected chi connectivity index (χ4v) is 3.30. The molecule has 98 valence electrons. The average molecular weight is 246 g/mol. The summed E-state index contributed by atoms with van der Waals surface area (Å²) in [5.74, 6) is 0. The third-order valence-electron chi connectivity index (χ3n) is 4.37. The van der Waals surface area contributed by atoms with Crippen LogP contribution in [0.25, 0.3) is 0 Å². The lowest BCUT2D eigenvalue weighted by atomic mass is 9.86. The van der Waals surface area contributed by atoms with Crippen LogP contribution in [0.3, 0.4) is 0 Å². The molecule has 2 unspecified atom stereocenters. The molecule has 2 fully saturated rings. The maximum atomic E-state index is 5.58. The van der Waals surface area contributed by atoms with Gasteiger partial charge in [0, 0.05) is 32.3 Å². The van der Waals surface area contributed by atoms with Crippen molar-refractivity contribution < 1.29 is 4.74 Å². The van der Waals surface area contributed by atoms with Gasteiger partial charge in [0.2, 0.25) is 0 Å². The van der Waals surface area contributed by atoms with Crippen molar-refractivity contribution in [2.75, 3.05) is 32.8 Å². The molecular formula is C15H22N2O. The number of hydrogen-bond acceptors (Lipinski definition) is 3. The fraction of sp³-hybridized carbons (Fsp3) is 0.600. The summed E-state index contributed by atoms with van der Waals surface area (Å²) < 4.78 is 5.58. The molecule has 1 N–H and O–H groups in total. The molecule has 2 aliphatic heterocycles. The van der Waals surface area contributed by atoms with Gasteiger partial charge in [0.1, 0.15) is 0 Å². The van der Waals surface area contributed by atoms with Gasteiger partial charge in [-0.05, 0) is 18.9 Å². The number of ether oxygens (including phenoxy) is 1. The molecule has 0 aliphatic carbocycles. The number of hydrogen-bond donors (Lipinski definition) is 1. The third-order valence-corrected chi connectivity index (χ3v) is 4.37. The van der Waals surface area contributed by atoms with Crippen LogP contribution in [-0.4, -0.2) is 43.8 Å². The lowest BCUT2D eigenvalue weighted by Crippen LogP contribution is -2.60. The van der Waals surface area contributed by atoms with Crippen LogP contribution in [0.4, 0.5) is 0 Å². The molecule has 0 saturated carbocycles. The molecule has 3 heteroatoms. The highest BCUT2D eigenvalue weighted by atomic mass is 16.5. The smallest absolute Gasteiger partial charge is 0.0623 e. The van der Waals surface area contributed by atoms with Gasteiger partial charge in [-0.1, -0.05) is 30.3 Å². The summed E-state index contributed by atoms with van der Waals surface area (Å²) in [5.41, 5.74) is 1.50. The van der Waals surface area contributed by atoms with Crippen molar-refractivity contribution in [3.8, 4) is 0 Å². The Hall–Kier alpha value is -0.900. The van der Waals surface area contributed by atoms with E-state index in [9.17, 15) is 0 Å². The minimum absolute atomic E-state index is 0.0951. The molecule has 0 bridgehead atoms. The zero-order chi connectivity index (χ0) is 12.4. The van der Waals surface area contributed by atoms with Crippen LogP contribution in [0.2, 0.25) is 0 Å². The molecule has 2 atom stereocenters. The Morgan fingerprint density at radius 1 is 1.33 bits per heavy atom. The molecule has 1 aromatic rings. The van der Waals surface area contributed by atoms with E-state index in [2.05, 4.69) is 47.5 Å². The van der Waals surface area contributed by atoms with E-state index in [1.807, 2.05) is 0 Å². The van der Waals surface area contributed by atoms with Crippen molar-refractivity contribution >= 4 is 0 Å². The molecule has 2 saturated heterocycles. The van der Waals surface area contributed by atoms with Gasteiger partial charge in [0.15, 0.2) is 0 Å². The minimum atomic E-state index is 0.0951. The summed E-state index contributed by atoms with van der Waals surface area (Å²) in [6.07, 6.45) is 1.17. The Kier molecular flexibility index (Phi) is 3.37. The number of piperazine rings is 1. The first-order valence-corrected chi connectivity index (χ1v) is 6.91. The standard InChI is InChI=1S/C15H22N2O/c1-15(13-5-3-2-4-6-13)12-16-8-9-17(15)14-7-10-18-11-14/h2-6,14,16H,7-12H2,1H3. The first kappa shape index (κ1) is 12.2. The van der Waals surface area contributed by atoms with Gasteiger partial charge in [0.25, 0.3) is 0 Å². The van der Waals surface area contributed by atoms with E-state index in [0.29, 0.717) is 6.04 Å². The van der Waals surface area contributed by atoms with E-state index in [0.717, 1.165) is 32.8 Å². The van der Waals surface area contributed by atoms with Crippen LogP contribution in [0.1, 0.15) is 18.9 Å². The summed E-state index contributed by atoms with van der Waals surface area (Å²) in [4.78, 5) is 2.64. The molecule has 1 aromatic carbocycles. The van der Waals surface area contributed by atoms with E-state index in [4.69, 9.17) is 4.74 Å². The molecule has 18 heavy (non-hydrogen) atoms. The Morgan fingerprint density at radius 2 is 2.17 bits per heavy atom. The van der Waals surface area contributed by atoms with E-state index >= 15 is 0 Å². The van der Waals surface area contributed by atoms with Crippen LogP contribution in [0.5, 0.6) is 0 Å². The highest BCUT2D eigenvalue weighted by molar-refractivity contribution is 5.25. The SMILES string of the molecule is CC1(c2ccccc2)CNCCN1C1CCOC1. The molecule has 2 aliphatic rings. The number of nitrogens with one attached hydrogen (secondary N) is 1. The zero-order valence-electron chi connectivity index (χ0n) is 11.1. The zero-order valence-corrected chi connectivity index (χ0v) is 11.1. The summed E-state index contributed by atoms with van der Waals surface area (Å²) in [6, 6.07) is 11.4. The van der Waals surface area contributed by atoms with Crippen molar-refractivity contribution in [3.05, 3.63) is 35.9 Å². The summed E-state index contributed by atoms with van der Waals surface area (Å²) in [7, 11) is 0. The van der Waals surface area contributed by atoms with E-state index in [1.165, 1.54) is 12.0 Å². The predicted molar refractivity (Wildman–Crippen MR) is 72.6 cm³/mol. The Morgan fingerprint density at radius 3 is 2.89 bits per heavy atom. The van der Waals surface area contributed by atoms with Gasteiger partial charge in [-0.25, -0.2) is 0 Å². The van der Waals surface area contributed by atoms with Crippen LogP contribution in [0, 0.1) is 0 Å². The first-order chi connectivity index (χ1) is 8.81. The van der Waals surface area contributed by atoms with Crippen molar-refractivity contribution in [2.24, 2.45) is 0 Å². The lowest BCUT2D eigenvalue weighted by molar-refractivity contribution is 0.0234. The van der Waals surface area contributed by atoms with Crippen molar-refractivity contribution in [1.29, 1.82) is 0 Å². The molecule has 0 spiro atoms. The molecule has 3 rings (SSSR count). The first-order valence-electron chi connectivity index (χ1n) is 6.91. The topological polar surface area (TPSA) is 24.5 Å². The quantitative estimate of drug-likeness (QED) is 0.858. The Balaban J connectivity index is 1.90. The normalized spacial score (nSPS) is 33.7. The second-order valence-corrected chi connectivity index (χ2v) is 5.53. The highest BCUT2D eigenvalue weighted by Gasteiger charge is 2.40. The van der Waals surface area contributed by atoms with E-state index < -0.39 is 0 Å². The van der Waals surface area contributed by atoms with Crippen LogP contribution < -0.4 is 5.32 Å².